The van der Waals surface area contributed by atoms with Crippen molar-refractivity contribution in [2.45, 2.75) is 32.6 Å². The Balaban J connectivity index is 1.76. The Morgan fingerprint density at radius 2 is 1.74 bits per heavy atom. The van der Waals surface area contributed by atoms with Crippen molar-refractivity contribution in [1.82, 2.24) is 4.98 Å². The van der Waals surface area contributed by atoms with Gasteiger partial charge in [-0.25, -0.2) is 0 Å². The Morgan fingerprint density at radius 1 is 1.00 bits per heavy atom. The summed E-state index contributed by atoms with van der Waals surface area (Å²) in [5, 5.41) is 0. The highest BCUT2D eigenvalue weighted by Crippen LogP contribution is 2.28. The van der Waals surface area contributed by atoms with Gasteiger partial charge in [0.15, 0.2) is 5.78 Å². The molecule has 3 rings (SSSR count). The van der Waals surface area contributed by atoms with Crippen LogP contribution >= 0.6 is 0 Å². The molecule has 0 saturated carbocycles. The van der Waals surface area contributed by atoms with Crippen LogP contribution in [0.5, 0.6) is 0 Å². The maximum absolute atomic E-state index is 12.5. The number of nitrogens with zero attached hydrogens (tertiary/aromatic N) is 2. The predicted octanol–water partition coefficient (Wildman–Crippen LogP) is 4.44. The van der Waals surface area contributed by atoms with Crippen LogP contribution in [0, 0.1) is 0 Å². The number of carbonyl (C=O) groups is 2. The van der Waals surface area contributed by atoms with Crippen LogP contribution in [0.25, 0.3) is 11.1 Å². The molecular weight excluding hydrogens is 386 g/mol. The largest absolute Gasteiger partial charge is 0.330 e. The van der Waals surface area contributed by atoms with Crippen LogP contribution in [0.4, 0.5) is 5.69 Å². The third kappa shape index (κ3) is 5.64. The van der Waals surface area contributed by atoms with Gasteiger partial charge in [0.1, 0.15) is 0 Å². The minimum atomic E-state index is 0.0696. The number of aryl methyl sites for hydroxylation is 1. The molecule has 0 fully saturated rings. The second kappa shape index (κ2) is 10.6. The van der Waals surface area contributed by atoms with Gasteiger partial charge in [0.05, 0.1) is 0 Å². The maximum Gasteiger partial charge on any atom is 0.226 e. The van der Waals surface area contributed by atoms with Gasteiger partial charge in [0.25, 0.3) is 0 Å². The summed E-state index contributed by atoms with van der Waals surface area (Å²) in [4.78, 5) is 30.5. The minimum absolute atomic E-state index is 0.0696. The number of anilines is 1. The molecule has 1 aromatic heterocycles. The van der Waals surface area contributed by atoms with Crippen molar-refractivity contribution in [3.63, 3.8) is 0 Å². The van der Waals surface area contributed by atoms with Gasteiger partial charge in [-0.1, -0.05) is 43.3 Å². The van der Waals surface area contributed by atoms with Crippen molar-refractivity contribution in [3.8, 4) is 11.1 Å². The fraction of sp³-hybridized carbons (Fsp3) is 0.269. The van der Waals surface area contributed by atoms with Gasteiger partial charge in [-0.3, -0.25) is 14.6 Å². The predicted molar refractivity (Wildman–Crippen MR) is 125 cm³/mol. The van der Waals surface area contributed by atoms with Gasteiger partial charge in [-0.05, 0) is 59.8 Å². The number of ketones is 1. The molecule has 2 aromatic carbocycles. The molecule has 5 nitrogen and oxygen atoms in total. The van der Waals surface area contributed by atoms with Crippen molar-refractivity contribution >= 4 is 17.4 Å². The van der Waals surface area contributed by atoms with E-state index in [1.807, 2.05) is 55.5 Å². The normalized spacial score (nSPS) is 10.7. The Bertz CT molecular complexity index is 1030. The molecule has 2 N–H and O–H groups in total. The zero-order valence-electron chi connectivity index (χ0n) is 18.2. The second-order valence-corrected chi connectivity index (χ2v) is 7.55. The summed E-state index contributed by atoms with van der Waals surface area (Å²) in [6, 6.07) is 17.6. The van der Waals surface area contributed by atoms with Crippen molar-refractivity contribution in [2.24, 2.45) is 5.73 Å². The number of pyridine rings is 1. The average Bonchev–Trinajstić information content (AvgIpc) is 2.82. The smallest absolute Gasteiger partial charge is 0.226 e. The molecule has 0 aliphatic heterocycles. The molecule has 1 amide bonds. The standard InChI is InChI=1S/C26H29N3O2/c1-3-26(31)29(2)24-12-11-22(17-23(24)14-15-27)20-7-9-21(10-8-20)25(30)13-6-19-5-4-16-28-18-19/h4-5,7-12,16-18H,3,6,13-15,27H2,1-2H3. The quantitative estimate of drug-likeness (QED) is 0.524. The van der Waals surface area contributed by atoms with Crippen LogP contribution in [0.15, 0.2) is 67.0 Å². The molecule has 160 valence electrons. The molecule has 0 bridgehead atoms. The molecule has 5 heteroatoms. The van der Waals surface area contributed by atoms with Gasteiger partial charge in [0, 0.05) is 43.5 Å². The summed E-state index contributed by atoms with van der Waals surface area (Å²) in [5.41, 5.74) is 11.6. The van der Waals surface area contributed by atoms with Crippen molar-refractivity contribution in [3.05, 3.63) is 83.7 Å². The number of rotatable bonds is 9. The van der Waals surface area contributed by atoms with E-state index in [2.05, 4.69) is 11.1 Å². The SMILES string of the molecule is CCC(=O)N(C)c1ccc(-c2ccc(C(=O)CCc3cccnc3)cc2)cc1CCN. The fourth-order valence-corrected chi connectivity index (χ4v) is 3.62. The first-order valence-electron chi connectivity index (χ1n) is 10.7. The molecule has 0 unspecified atom stereocenters. The van der Waals surface area contributed by atoms with Gasteiger partial charge < -0.3 is 10.6 Å². The summed E-state index contributed by atoms with van der Waals surface area (Å²) in [5.74, 6) is 0.189. The lowest BCUT2D eigenvalue weighted by molar-refractivity contribution is -0.118. The molecule has 0 radical (unpaired) electrons. The molecule has 0 saturated heterocycles. The van der Waals surface area contributed by atoms with Gasteiger partial charge >= 0.3 is 0 Å². The topological polar surface area (TPSA) is 76.3 Å². The molecule has 0 spiro atoms. The Hall–Kier alpha value is -3.31. The number of hydrogen-bond acceptors (Lipinski definition) is 4. The first kappa shape index (κ1) is 22.4. The van der Waals surface area contributed by atoms with Crippen LogP contribution in [0.2, 0.25) is 0 Å². The van der Waals surface area contributed by atoms with E-state index < -0.39 is 0 Å². The monoisotopic (exact) mass is 415 g/mol. The van der Waals surface area contributed by atoms with Crippen LogP contribution in [-0.2, 0) is 17.6 Å². The van der Waals surface area contributed by atoms with Crippen molar-refractivity contribution in [2.75, 3.05) is 18.5 Å². The third-order valence-corrected chi connectivity index (χ3v) is 5.43. The van der Waals surface area contributed by atoms with Gasteiger partial charge in [-0.2, -0.15) is 0 Å². The molecule has 31 heavy (non-hydrogen) atoms. The van der Waals surface area contributed by atoms with E-state index in [9.17, 15) is 9.59 Å². The Morgan fingerprint density at radius 3 is 2.39 bits per heavy atom. The summed E-state index contributed by atoms with van der Waals surface area (Å²) in [7, 11) is 1.80. The van der Waals surface area contributed by atoms with E-state index in [-0.39, 0.29) is 11.7 Å². The van der Waals surface area contributed by atoms with E-state index in [4.69, 9.17) is 5.73 Å². The van der Waals surface area contributed by atoms with Crippen LogP contribution in [0.1, 0.15) is 41.3 Å². The Kier molecular flexibility index (Phi) is 7.68. The van der Waals surface area contributed by atoms with E-state index in [0.29, 0.717) is 37.8 Å². The number of hydrogen-bond donors (Lipinski definition) is 1. The number of benzene rings is 2. The van der Waals surface area contributed by atoms with Crippen LogP contribution < -0.4 is 10.6 Å². The summed E-state index contributed by atoms with van der Waals surface area (Å²) in [6.07, 6.45) is 5.81. The van der Waals surface area contributed by atoms with Gasteiger partial charge in [0.2, 0.25) is 5.91 Å². The number of carbonyl (C=O) groups excluding carboxylic acids is 2. The maximum atomic E-state index is 12.5. The molecule has 3 aromatic rings. The lowest BCUT2D eigenvalue weighted by atomic mass is 9.97. The fourth-order valence-electron chi connectivity index (χ4n) is 3.62. The molecule has 0 atom stereocenters. The van der Waals surface area contributed by atoms with Crippen LogP contribution in [0.3, 0.4) is 0 Å². The van der Waals surface area contributed by atoms with E-state index in [1.165, 1.54) is 0 Å². The lowest BCUT2D eigenvalue weighted by Crippen LogP contribution is -2.26. The second-order valence-electron chi connectivity index (χ2n) is 7.55. The molecule has 1 heterocycles. The van der Waals surface area contributed by atoms with E-state index in [1.54, 1.807) is 24.3 Å². The number of aromatic nitrogens is 1. The summed E-state index contributed by atoms with van der Waals surface area (Å²) < 4.78 is 0. The van der Waals surface area contributed by atoms with E-state index in [0.717, 1.165) is 27.9 Å². The number of Topliss-reactive ketones (excluding diaryl/α,β-unsaturated/α-hetero) is 1. The average molecular weight is 416 g/mol. The highest BCUT2D eigenvalue weighted by Gasteiger charge is 2.14. The van der Waals surface area contributed by atoms with Crippen molar-refractivity contribution < 1.29 is 9.59 Å². The van der Waals surface area contributed by atoms with Crippen molar-refractivity contribution in [1.29, 1.82) is 0 Å². The Labute approximate surface area is 183 Å². The number of nitrogens with two attached hydrogens (primary N) is 1. The third-order valence-electron chi connectivity index (χ3n) is 5.43. The highest BCUT2D eigenvalue weighted by molar-refractivity contribution is 5.97. The summed E-state index contributed by atoms with van der Waals surface area (Å²) >= 11 is 0. The molecule has 0 aliphatic carbocycles. The number of amides is 1. The minimum Gasteiger partial charge on any atom is -0.330 e. The first-order valence-corrected chi connectivity index (χ1v) is 10.7. The molecule has 0 aliphatic rings. The van der Waals surface area contributed by atoms with Crippen LogP contribution in [-0.4, -0.2) is 30.3 Å². The first-order chi connectivity index (χ1) is 15.0. The lowest BCUT2D eigenvalue weighted by Gasteiger charge is -2.21. The zero-order valence-corrected chi connectivity index (χ0v) is 18.2. The highest BCUT2D eigenvalue weighted by atomic mass is 16.2. The summed E-state index contributed by atoms with van der Waals surface area (Å²) in [6.45, 7) is 2.37. The zero-order chi connectivity index (χ0) is 22.2. The van der Waals surface area contributed by atoms with Gasteiger partial charge in [-0.15, -0.1) is 0 Å². The molecular formula is C26H29N3O2. The van der Waals surface area contributed by atoms with E-state index >= 15 is 0 Å².